The van der Waals surface area contributed by atoms with Crippen LogP contribution in [0.2, 0.25) is 0 Å². The van der Waals surface area contributed by atoms with E-state index in [2.05, 4.69) is 0 Å². The minimum absolute atomic E-state index is 0.136. The van der Waals surface area contributed by atoms with Crippen molar-refractivity contribution in [3.63, 3.8) is 0 Å². The molecule has 1 fully saturated rings. The van der Waals surface area contributed by atoms with E-state index >= 15 is 0 Å². The number of benzene rings is 3. The van der Waals surface area contributed by atoms with Crippen molar-refractivity contribution >= 4 is 5.91 Å². The molecule has 0 unspecified atom stereocenters. The number of carbonyl (C=O) groups excluding carboxylic acids is 1. The number of methoxy groups -OCH3 is 1. The number of hydrogen-bond donors (Lipinski definition) is 0. The van der Waals surface area contributed by atoms with Gasteiger partial charge in [0.05, 0.1) is 7.11 Å². The summed E-state index contributed by atoms with van der Waals surface area (Å²) >= 11 is 0. The van der Waals surface area contributed by atoms with Crippen LogP contribution in [0.15, 0.2) is 66.7 Å². The van der Waals surface area contributed by atoms with E-state index in [4.69, 9.17) is 18.9 Å². The summed E-state index contributed by atoms with van der Waals surface area (Å²) in [6.45, 7) is 0.522. The molecule has 0 saturated carbocycles. The molecule has 2 aliphatic heterocycles. The first-order valence-electron chi connectivity index (χ1n) is 9.87. The first kappa shape index (κ1) is 19.2. The van der Waals surface area contributed by atoms with Gasteiger partial charge in [-0.15, -0.1) is 0 Å². The zero-order valence-corrected chi connectivity index (χ0v) is 16.8. The minimum atomic E-state index is -0.686. The van der Waals surface area contributed by atoms with E-state index < -0.39 is 6.10 Å². The Morgan fingerprint density at radius 1 is 0.968 bits per heavy atom. The Kier molecular flexibility index (Phi) is 4.86. The molecule has 2 aliphatic rings. The molecule has 158 valence electrons. The molecule has 0 bridgehead atoms. The van der Waals surface area contributed by atoms with Gasteiger partial charge in [-0.2, -0.15) is 0 Å². The minimum Gasteiger partial charge on any atom is -0.497 e. The standard InChI is InChI=1S/C24H20FNO5/c1-28-18-7-9-19(10-8-18)31-23-22(16-4-11-20-21(12-16)30-14-29-20)26(24(23)27)13-15-2-5-17(25)6-3-15/h2-12,22-23H,13-14H2,1H3/t22-,23+/m1/s1. The van der Waals surface area contributed by atoms with Crippen molar-refractivity contribution in [2.45, 2.75) is 18.7 Å². The Morgan fingerprint density at radius 2 is 1.68 bits per heavy atom. The van der Waals surface area contributed by atoms with E-state index in [0.717, 1.165) is 11.1 Å². The highest BCUT2D eigenvalue weighted by Gasteiger charge is 2.50. The second-order valence-corrected chi connectivity index (χ2v) is 7.36. The average Bonchev–Trinajstić information content (AvgIpc) is 3.27. The zero-order valence-electron chi connectivity index (χ0n) is 16.8. The van der Waals surface area contributed by atoms with E-state index in [0.29, 0.717) is 29.5 Å². The molecule has 1 amide bonds. The fourth-order valence-corrected chi connectivity index (χ4v) is 3.85. The maximum atomic E-state index is 13.3. The summed E-state index contributed by atoms with van der Waals surface area (Å²) in [5, 5.41) is 0. The molecular formula is C24H20FNO5. The Labute approximate surface area is 178 Å². The number of likely N-dealkylation sites (tertiary alicyclic amines) is 1. The van der Waals surface area contributed by atoms with E-state index in [1.54, 1.807) is 48.4 Å². The molecule has 5 rings (SSSR count). The molecule has 6 nitrogen and oxygen atoms in total. The van der Waals surface area contributed by atoms with Gasteiger partial charge in [0.1, 0.15) is 23.4 Å². The van der Waals surface area contributed by atoms with Crippen molar-refractivity contribution in [2.24, 2.45) is 0 Å². The van der Waals surface area contributed by atoms with Crippen LogP contribution in [-0.4, -0.2) is 30.8 Å². The van der Waals surface area contributed by atoms with Gasteiger partial charge in [0.2, 0.25) is 12.9 Å². The molecule has 31 heavy (non-hydrogen) atoms. The predicted octanol–water partition coefficient (Wildman–Crippen LogP) is 4.09. The van der Waals surface area contributed by atoms with Gasteiger partial charge in [0, 0.05) is 6.54 Å². The van der Waals surface area contributed by atoms with Crippen LogP contribution in [-0.2, 0) is 11.3 Å². The van der Waals surface area contributed by atoms with E-state index in [1.165, 1.54) is 12.1 Å². The summed E-state index contributed by atoms with van der Waals surface area (Å²) in [7, 11) is 1.59. The van der Waals surface area contributed by atoms with Crippen LogP contribution in [0.3, 0.4) is 0 Å². The monoisotopic (exact) mass is 421 g/mol. The molecular weight excluding hydrogens is 401 g/mol. The van der Waals surface area contributed by atoms with Crippen molar-refractivity contribution in [3.8, 4) is 23.0 Å². The third-order valence-electron chi connectivity index (χ3n) is 5.48. The number of nitrogens with zero attached hydrogens (tertiary/aromatic N) is 1. The van der Waals surface area contributed by atoms with Gasteiger partial charge in [-0.1, -0.05) is 18.2 Å². The summed E-state index contributed by atoms with van der Waals surface area (Å²) in [5.74, 6) is 2.15. The maximum absolute atomic E-state index is 13.3. The number of carbonyl (C=O) groups is 1. The quantitative estimate of drug-likeness (QED) is 0.561. The SMILES string of the molecule is COc1ccc(O[C@@H]2C(=O)N(Cc3ccc(F)cc3)[C@@H]2c2ccc3c(c2)OCO3)cc1. The van der Waals surface area contributed by atoms with Gasteiger partial charge < -0.3 is 23.8 Å². The molecule has 0 aromatic heterocycles. The molecule has 3 aromatic carbocycles. The summed E-state index contributed by atoms with van der Waals surface area (Å²) in [6.07, 6.45) is -0.686. The van der Waals surface area contributed by atoms with Crippen LogP contribution in [0.5, 0.6) is 23.0 Å². The maximum Gasteiger partial charge on any atom is 0.267 e. The molecule has 1 saturated heterocycles. The highest BCUT2D eigenvalue weighted by atomic mass is 19.1. The third-order valence-corrected chi connectivity index (χ3v) is 5.48. The first-order valence-corrected chi connectivity index (χ1v) is 9.87. The first-order chi connectivity index (χ1) is 15.1. The molecule has 0 N–H and O–H groups in total. The van der Waals surface area contributed by atoms with Crippen molar-refractivity contribution in [1.29, 1.82) is 0 Å². The zero-order chi connectivity index (χ0) is 21.4. The van der Waals surface area contributed by atoms with Crippen molar-refractivity contribution < 1.29 is 28.1 Å². The molecule has 2 heterocycles. The van der Waals surface area contributed by atoms with Crippen molar-refractivity contribution in [3.05, 3.63) is 83.7 Å². The Balaban J connectivity index is 1.43. The number of ether oxygens (including phenoxy) is 4. The Morgan fingerprint density at radius 3 is 2.42 bits per heavy atom. The molecule has 0 aliphatic carbocycles. The van der Waals surface area contributed by atoms with Gasteiger partial charge in [-0.05, 0) is 59.7 Å². The Hall–Kier alpha value is -3.74. The second-order valence-electron chi connectivity index (χ2n) is 7.36. The smallest absolute Gasteiger partial charge is 0.267 e. The molecule has 7 heteroatoms. The normalized spacial score (nSPS) is 19.2. The van der Waals surface area contributed by atoms with Gasteiger partial charge in [0.15, 0.2) is 11.5 Å². The average molecular weight is 421 g/mol. The topological polar surface area (TPSA) is 57.2 Å². The highest BCUT2D eigenvalue weighted by molar-refractivity contribution is 5.89. The van der Waals surface area contributed by atoms with Gasteiger partial charge in [0.25, 0.3) is 5.91 Å². The summed E-state index contributed by atoms with van der Waals surface area (Å²) in [4.78, 5) is 14.7. The van der Waals surface area contributed by atoms with Crippen LogP contribution in [0, 0.1) is 5.82 Å². The lowest BCUT2D eigenvalue weighted by Crippen LogP contribution is -2.60. The summed E-state index contributed by atoms with van der Waals surface area (Å²) in [5.41, 5.74) is 1.72. The van der Waals surface area contributed by atoms with Crippen molar-refractivity contribution in [2.75, 3.05) is 13.9 Å². The lowest BCUT2D eigenvalue weighted by Gasteiger charge is -2.46. The summed E-state index contributed by atoms with van der Waals surface area (Å²) < 4.78 is 35.4. The fourth-order valence-electron chi connectivity index (χ4n) is 3.85. The van der Waals surface area contributed by atoms with Gasteiger partial charge in [-0.25, -0.2) is 4.39 Å². The highest BCUT2D eigenvalue weighted by Crippen LogP contribution is 2.42. The van der Waals surface area contributed by atoms with Gasteiger partial charge >= 0.3 is 0 Å². The van der Waals surface area contributed by atoms with Crippen molar-refractivity contribution in [1.82, 2.24) is 4.90 Å². The van der Waals surface area contributed by atoms with Crippen LogP contribution >= 0.6 is 0 Å². The van der Waals surface area contributed by atoms with E-state index in [-0.39, 0.29) is 24.6 Å². The largest absolute Gasteiger partial charge is 0.497 e. The van der Waals surface area contributed by atoms with Crippen LogP contribution in [0.25, 0.3) is 0 Å². The van der Waals surface area contributed by atoms with Crippen LogP contribution in [0.1, 0.15) is 17.2 Å². The van der Waals surface area contributed by atoms with Gasteiger partial charge in [-0.3, -0.25) is 4.79 Å². The number of rotatable bonds is 6. The van der Waals surface area contributed by atoms with Crippen LogP contribution in [0.4, 0.5) is 4.39 Å². The summed E-state index contributed by atoms with van der Waals surface area (Å²) in [6, 6.07) is 18.5. The number of halogens is 1. The Bertz CT molecular complexity index is 1100. The lowest BCUT2D eigenvalue weighted by molar-refractivity contribution is -0.165. The van der Waals surface area contributed by atoms with E-state index in [1.807, 2.05) is 18.2 Å². The second kappa shape index (κ2) is 7.83. The molecule has 0 radical (unpaired) electrons. The number of amides is 1. The third kappa shape index (κ3) is 3.63. The van der Waals surface area contributed by atoms with Crippen LogP contribution < -0.4 is 18.9 Å². The number of hydrogen-bond acceptors (Lipinski definition) is 5. The lowest BCUT2D eigenvalue weighted by atomic mass is 9.89. The molecule has 3 aromatic rings. The van der Waals surface area contributed by atoms with E-state index in [9.17, 15) is 9.18 Å². The number of fused-ring (bicyclic) bond motifs is 1. The molecule has 2 atom stereocenters. The fraction of sp³-hybridized carbons (Fsp3) is 0.208. The molecule has 0 spiro atoms. The number of β-lactam (4-membered cyclic amide) rings is 1. The predicted molar refractivity (Wildman–Crippen MR) is 110 cm³/mol.